The van der Waals surface area contributed by atoms with E-state index < -0.39 is 0 Å². The molecule has 6 nitrogen and oxygen atoms in total. The third-order valence-corrected chi connectivity index (χ3v) is 2.64. The second-order valence-electron chi connectivity index (χ2n) is 4.66. The first-order valence-corrected chi connectivity index (χ1v) is 6.32. The first-order chi connectivity index (χ1) is 8.74. The first kappa shape index (κ1) is 12.8. The van der Waals surface area contributed by atoms with Crippen LogP contribution < -0.4 is 5.32 Å². The zero-order valence-electron chi connectivity index (χ0n) is 11.0. The van der Waals surface area contributed by atoms with Gasteiger partial charge in [-0.05, 0) is 6.42 Å². The third kappa shape index (κ3) is 3.96. The molecule has 0 aliphatic heterocycles. The summed E-state index contributed by atoms with van der Waals surface area (Å²) in [7, 11) is 0. The van der Waals surface area contributed by atoms with Crippen molar-refractivity contribution in [3.8, 4) is 0 Å². The molecule has 2 heterocycles. The van der Waals surface area contributed by atoms with Crippen LogP contribution in [0.15, 0.2) is 24.9 Å². The molecule has 6 heteroatoms. The molecule has 0 amide bonds. The molecule has 0 unspecified atom stereocenters. The minimum absolute atomic E-state index is 0.469. The van der Waals surface area contributed by atoms with Crippen LogP contribution in [0.1, 0.15) is 26.0 Å². The van der Waals surface area contributed by atoms with Gasteiger partial charge in [0, 0.05) is 44.3 Å². The Morgan fingerprint density at radius 2 is 2.22 bits per heavy atom. The van der Waals surface area contributed by atoms with E-state index in [4.69, 9.17) is 0 Å². The molecule has 0 atom stereocenters. The fourth-order valence-corrected chi connectivity index (χ4v) is 1.67. The van der Waals surface area contributed by atoms with Crippen LogP contribution in [0.2, 0.25) is 0 Å². The molecule has 0 aromatic carbocycles. The van der Waals surface area contributed by atoms with Crippen LogP contribution in [0.5, 0.6) is 0 Å². The molecule has 0 aliphatic carbocycles. The molecule has 2 aromatic rings. The second-order valence-corrected chi connectivity index (χ2v) is 4.66. The van der Waals surface area contributed by atoms with Crippen LogP contribution in [0, 0.1) is 0 Å². The second kappa shape index (κ2) is 6.30. The molecule has 98 valence electrons. The first-order valence-electron chi connectivity index (χ1n) is 6.32. The molecule has 0 radical (unpaired) electrons. The van der Waals surface area contributed by atoms with Gasteiger partial charge in [0.1, 0.15) is 0 Å². The molecule has 0 aliphatic rings. The number of nitrogens with zero attached hydrogens (tertiary/aromatic N) is 5. The number of hydrogen-bond acceptors (Lipinski definition) is 4. The Hall–Kier alpha value is -1.69. The molecular formula is C12H20N6. The number of aryl methyl sites for hydroxylation is 2. The number of hydrogen-bond donors (Lipinski definition) is 1. The quantitative estimate of drug-likeness (QED) is 0.796. The maximum atomic E-state index is 4.14. The van der Waals surface area contributed by atoms with Crippen molar-refractivity contribution in [3.05, 3.63) is 30.6 Å². The summed E-state index contributed by atoms with van der Waals surface area (Å²) in [6.07, 6.45) is 8.63. The van der Waals surface area contributed by atoms with Gasteiger partial charge in [-0.2, -0.15) is 0 Å². The van der Waals surface area contributed by atoms with Crippen molar-refractivity contribution in [2.24, 2.45) is 0 Å². The lowest BCUT2D eigenvalue weighted by Crippen LogP contribution is -2.21. The topological polar surface area (TPSA) is 60.6 Å². The van der Waals surface area contributed by atoms with Gasteiger partial charge in [-0.3, -0.25) is 4.68 Å². The Balaban J connectivity index is 1.73. The van der Waals surface area contributed by atoms with Crippen molar-refractivity contribution in [1.82, 2.24) is 29.9 Å². The summed E-state index contributed by atoms with van der Waals surface area (Å²) in [6, 6.07) is 0.469. The predicted molar refractivity (Wildman–Crippen MR) is 68.8 cm³/mol. The van der Waals surface area contributed by atoms with E-state index >= 15 is 0 Å². The number of nitrogens with one attached hydrogen (secondary N) is 1. The van der Waals surface area contributed by atoms with Gasteiger partial charge in [0.2, 0.25) is 0 Å². The number of imidazole rings is 1. The van der Waals surface area contributed by atoms with Crippen molar-refractivity contribution < 1.29 is 0 Å². The third-order valence-electron chi connectivity index (χ3n) is 2.64. The maximum Gasteiger partial charge on any atom is 0.0964 e. The van der Waals surface area contributed by atoms with E-state index in [1.807, 2.05) is 23.4 Å². The molecule has 1 N–H and O–H groups in total. The monoisotopic (exact) mass is 248 g/mol. The van der Waals surface area contributed by atoms with Gasteiger partial charge in [0.15, 0.2) is 0 Å². The van der Waals surface area contributed by atoms with Crippen LogP contribution >= 0.6 is 0 Å². The predicted octanol–water partition coefficient (Wildman–Crippen LogP) is 1.06. The molecule has 18 heavy (non-hydrogen) atoms. The van der Waals surface area contributed by atoms with Gasteiger partial charge < -0.3 is 9.88 Å². The van der Waals surface area contributed by atoms with Crippen LogP contribution in [-0.2, 0) is 19.6 Å². The standard InChI is InChI=1S/C12H20N6/c1-11(2)14-8-12-9-18(16-15-12)6-3-5-17-7-4-13-10-17/h4,7,9-11,14H,3,5-6,8H2,1-2H3. The fourth-order valence-electron chi connectivity index (χ4n) is 1.67. The Morgan fingerprint density at radius 3 is 2.94 bits per heavy atom. The van der Waals surface area contributed by atoms with Crippen LogP contribution in [0.3, 0.4) is 0 Å². The van der Waals surface area contributed by atoms with E-state index in [1.165, 1.54) is 0 Å². The molecule has 2 aromatic heterocycles. The molecule has 2 rings (SSSR count). The highest BCUT2D eigenvalue weighted by atomic mass is 15.4. The van der Waals surface area contributed by atoms with E-state index in [0.29, 0.717) is 6.04 Å². The van der Waals surface area contributed by atoms with Crippen molar-refractivity contribution in [2.75, 3.05) is 0 Å². The minimum atomic E-state index is 0.469. The summed E-state index contributed by atoms with van der Waals surface area (Å²) in [4.78, 5) is 4.01. The fraction of sp³-hybridized carbons (Fsp3) is 0.583. The normalized spacial score (nSPS) is 11.3. The van der Waals surface area contributed by atoms with E-state index in [-0.39, 0.29) is 0 Å². The summed E-state index contributed by atoms with van der Waals surface area (Å²) in [5, 5.41) is 11.6. The molecular weight excluding hydrogens is 228 g/mol. The molecule has 0 bridgehead atoms. The summed E-state index contributed by atoms with van der Waals surface area (Å²) >= 11 is 0. The Bertz CT molecular complexity index is 445. The van der Waals surface area contributed by atoms with E-state index in [0.717, 1.165) is 31.7 Å². The van der Waals surface area contributed by atoms with E-state index in [2.05, 4.69) is 39.0 Å². The van der Waals surface area contributed by atoms with Crippen molar-refractivity contribution in [3.63, 3.8) is 0 Å². The van der Waals surface area contributed by atoms with Crippen LogP contribution in [0.4, 0.5) is 0 Å². The maximum absolute atomic E-state index is 4.14. The van der Waals surface area contributed by atoms with Gasteiger partial charge >= 0.3 is 0 Å². The Morgan fingerprint density at radius 1 is 1.33 bits per heavy atom. The van der Waals surface area contributed by atoms with Gasteiger partial charge in [-0.25, -0.2) is 4.98 Å². The molecule has 0 saturated heterocycles. The lowest BCUT2D eigenvalue weighted by Gasteiger charge is -2.04. The zero-order chi connectivity index (χ0) is 12.8. The highest BCUT2D eigenvalue weighted by molar-refractivity contribution is 4.91. The van der Waals surface area contributed by atoms with Crippen molar-refractivity contribution >= 4 is 0 Å². The van der Waals surface area contributed by atoms with Crippen LogP contribution in [0.25, 0.3) is 0 Å². The molecule has 0 spiro atoms. The van der Waals surface area contributed by atoms with E-state index in [1.54, 1.807) is 6.20 Å². The zero-order valence-corrected chi connectivity index (χ0v) is 11.0. The Labute approximate surface area is 107 Å². The smallest absolute Gasteiger partial charge is 0.0964 e. The highest BCUT2D eigenvalue weighted by Crippen LogP contribution is 1.97. The number of aromatic nitrogens is 5. The van der Waals surface area contributed by atoms with Gasteiger partial charge in [-0.1, -0.05) is 19.1 Å². The Kier molecular flexibility index (Phi) is 4.46. The summed E-state index contributed by atoms with van der Waals surface area (Å²) in [5.74, 6) is 0. The van der Waals surface area contributed by atoms with Crippen molar-refractivity contribution in [2.45, 2.75) is 45.9 Å². The summed E-state index contributed by atoms with van der Waals surface area (Å²) in [6.45, 7) is 6.86. The average molecular weight is 248 g/mol. The molecule has 0 saturated carbocycles. The van der Waals surface area contributed by atoms with Gasteiger partial charge in [0.25, 0.3) is 0 Å². The summed E-state index contributed by atoms with van der Waals surface area (Å²) in [5.41, 5.74) is 0.992. The van der Waals surface area contributed by atoms with Gasteiger partial charge in [0.05, 0.1) is 12.0 Å². The van der Waals surface area contributed by atoms with Gasteiger partial charge in [-0.15, -0.1) is 5.10 Å². The lowest BCUT2D eigenvalue weighted by molar-refractivity contribution is 0.514. The number of rotatable bonds is 7. The highest BCUT2D eigenvalue weighted by Gasteiger charge is 2.01. The lowest BCUT2D eigenvalue weighted by atomic mass is 10.3. The van der Waals surface area contributed by atoms with Crippen LogP contribution in [-0.4, -0.2) is 30.6 Å². The van der Waals surface area contributed by atoms with E-state index in [9.17, 15) is 0 Å². The summed E-state index contributed by atoms with van der Waals surface area (Å²) < 4.78 is 3.96. The SMILES string of the molecule is CC(C)NCc1cn(CCCn2ccnc2)nn1. The van der Waals surface area contributed by atoms with Crippen molar-refractivity contribution in [1.29, 1.82) is 0 Å². The largest absolute Gasteiger partial charge is 0.337 e. The minimum Gasteiger partial charge on any atom is -0.337 e. The average Bonchev–Trinajstić information content (AvgIpc) is 2.97. The molecule has 0 fully saturated rings.